The van der Waals surface area contributed by atoms with Crippen molar-refractivity contribution in [1.29, 1.82) is 0 Å². The van der Waals surface area contributed by atoms with Gasteiger partial charge in [0.05, 0.1) is 24.5 Å². The maximum Gasteiger partial charge on any atom is 0.261 e. The zero-order valence-corrected chi connectivity index (χ0v) is 22.2. The molecule has 4 rings (SSSR count). The van der Waals surface area contributed by atoms with Crippen molar-refractivity contribution in [3.63, 3.8) is 0 Å². The average molecular weight is 496 g/mol. The number of nitrogens with zero attached hydrogens (tertiary/aromatic N) is 1. The standard InChI is InChI=1S/C29H35F2NO2Si/c1-21-18-32(19-22(2)34-21)28-23(16-17-26(30)27(28)31)20-33-35(29(3,4)5,24-12-8-6-9-13-24)25-14-10-7-11-15-25/h6-17,21-22H,18-20H2,1-5H3. The van der Waals surface area contributed by atoms with Crippen molar-refractivity contribution in [2.75, 3.05) is 18.0 Å². The Morgan fingerprint density at radius 1 is 0.857 bits per heavy atom. The molecule has 0 bridgehead atoms. The first-order valence-electron chi connectivity index (χ1n) is 12.3. The lowest BCUT2D eigenvalue weighted by Crippen LogP contribution is -2.66. The Balaban J connectivity index is 1.80. The monoisotopic (exact) mass is 495 g/mol. The number of benzene rings is 3. The molecule has 186 valence electrons. The van der Waals surface area contributed by atoms with Gasteiger partial charge in [0, 0.05) is 18.7 Å². The fraction of sp³-hybridized carbons (Fsp3) is 0.379. The molecular weight excluding hydrogens is 460 g/mol. The Labute approximate surface area is 208 Å². The second-order valence-electron chi connectivity index (χ2n) is 10.5. The summed E-state index contributed by atoms with van der Waals surface area (Å²) in [4.78, 5) is 1.90. The molecule has 0 N–H and O–H groups in total. The Kier molecular flexibility index (Phi) is 7.45. The second kappa shape index (κ2) is 10.2. The first kappa shape index (κ1) is 25.5. The largest absolute Gasteiger partial charge is 0.403 e. The minimum atomic E-state index is -2.82. The van der Waals surface area contributed by atoms with Crippen LogP contribution in [-0.4, -0.2) is 33.6 Å². The molecule has 0 aromatic heterocycles. The molecule has 0 aliphatic carbocycles. The number of anilines is 1. The Morgan fingerprint density at radius 3 is 1.86 bits per heavy atom. The minimum Gasteiger partial charge on any atom is -0.403 e. The summed E-state index contributed by atoms with van der Waals surface area (Å²) in [5.41, 5.74) is 0.933. The third-order valence-corrected chi connectivity index (χ3v) is 11.7. The zero-order valence-electron chi connectivity index (χ0n) is 21.2. The predicted octanol–water partition coefficient (Wildman–Crippen LogP) is 5.66. The van der Waals surface area contributed by atoms with Crippen molar-refractivity contribution < 1.29 is 17.9 Å². The quantitative estimate of drug-likeness (QED) is 0.412. The van der Waals surface area contributed by atoms with Crippen LogP contribution in [0, 0.1) is 11.6 Å². The normalized spacial score (nSPS) is 19.1. The van der Waals surface area contributed by atoms with E-state index in [-0.39, 0.29) is 29.5 Å². The molecule has 0 radical (unpaired) electrons. The highest BCUT2D eigenvalue weighted by molar-refractivity contribution is 6.99. The summed E-state index contributed by atoms with van der Waals surface area (Å²) in [5.74, 6) is -1.67. The van der Waals surface area contributed by atoms with Crippen LogP contribution in [0.2, 0.25) is 5.04 Å². The molecule has 3 aromatic carbocycles. The number of halogens is 2. The fourth-order valence-electron chi connectivity index (χ4n) is 5.35. The molecule has 3 nitrogen and oxygen atoms in total. The number of morpholine rings is 1. The van der Waals surface area contributed by atoms with Gasteiger partial charge in [-0.15, -0.1) is 0 Å². The molecule has 2 atom stereocenters. The summed E-state index contributed by atoms with van der Waals surface area (Å²) in [6, 6.07) is 23.5. The number of hydrogen-bond acceptors (Lipinski definition) is 3. The summed E-state index contributed by atoms with van der Waals surface area (Å²) in [5, 5.41) is 2.09. The highest BCUT2D eigenvalue weighted by Crippen LogP contribution is 2.38. The van der Waals surface area contributed by atoms with E-state index in [1.165, 1.54) is 6.07 Å². The van der Waals surface area contributed by atoms with E-state index in [1.54, 1.807) is 6.07 Å². The fourth-order valence-corrected chi connectivity index (χ4v) is 9.87. The number of rotatable bonds is 6. The molecule has 6 heteroatoms. The van der Waals surface area contributed by atoms with E-state index >= 15 is 4.39 Å². The van der Waals surface area contributed by atoms with Crippen LogP contribution in [0.4, 0.5) is 14.5 Å². The Hall–Kier alpha value is -2.54. The van der Waals surface area contributed by atoms with Crippen molar-refractivity contribution in [1.82, 2.24) is 0 Å². The van der Waals surface area contributed by atoms with Gasteiger partial charge in [0.25, 0.3) is 8.32 Å². The van der Waals surface area contributed by atoms with Crippen molar-refractivity contribution in [3.05, 3.63) is 90.0 Å². The molecule has 1 fully saturated rings. The lowest BCUT2D eigenvalue weighted by Gasteiger charge is -2.43. The maximum absolute atomic E-state index is 15.3. The second-order valence-corrected chi connectivity index (χ2v) is 14.8. The van der Waals surface area contributed by atoms with Crippen LogP contribution >= 0.6 is 0 Å². The molecule has 1 aliphatic rings. The van der Waals surface area contributed by atoms with Crippen molar-refractivity contribution in [2.24, 2.45) is 0 Å². The summed E-state index contributed by atoms with van der Waals surface area (Å²) >= 11 is 0. The van der Waals surface area contributed by atoms with Gasteiger partial charge in [0.2, 0.25) is 0 Å². The molecule has 1 aliphatic heterocycles. The van der Waals surface area contributed by atoms with Gasteiger partial charge in [-0.1, -0.05) is 87.5 Å². The van der Waals surface area contributed by atoms with Gasteiger partial charge >= 0.3 is 0 Å². The van der Waals surface area contributed by atoms with Gasteiger partial charge in [-0.05, 0) is 35.3 Å². The van der Waals surface area contributed by atoms with E-state index < -0.39 is 20.0 Å². The van der Waals surface area contributed by atoms with E-state index in [9.17, 15) is 4.39 Å². The SMILES string of the molecule is CC1CN(c2c(CO[Si](c3ccccc3)(c3ccccc3)C(C)(C)C)ccc(F)c2F)CC(C)O1. The van der Waals surface area contributed by atoms with E-state index in [0.717, 1.165) is 10.4 Å². The third kappa shape index (κ3) is 5.06. The summed E-state index contributed by atoms with van der Waals surface area (Å²) in [7, 11) is -2.82. The average Bonchev–Trinajstić information content (AvgIpc) is 2.81. The first-order valence-corrected chi connectivity index (χ1v) is 14.2. The van der Waals surface area contributed by atoms with Crippen LogP contribution in [0.5, 0.6) is 0 Å². The van der Waals surface area contributed by atoms with Gasteiger partial charge in [-0.25, -0.2) is 8.78 Å². The van der Waals surface area contributed by atoms with Crippen molar-refractivity contribution >= 4 is 24.4 Å². The van der Waals surface area contributed by atoms with Gasteiger partial charge in [0.1, 0.15) is 0 Å². The minimum absolute atomic E-state index is 0.0770. The van der Waals surface area contributed by atoms with Gasteiger partial charge in [0.15, 0.2) is 11.6 Å². The number of hydrogen-bond donors (Lipinski definition) is 0. The van der Waals surface area contributed by atoms with E-state index in [0.29, 0.717) is 18.7 Å². The zero-order chi connectivity index (χ0) is 25.2. The van der Waals surface area contributed by atoms with Crippen molar-refractivity contribution in [2.45, 2.75) is 58.5 Å². The lowest BCUT2D eigenvalue weighted by atomic mass is 10.1. The van der Waals surface area contributed by atoms with Crippen LogP contribution in [0.3, 0.4) is 0 Å². The lowest BCUT2D eigenvalue weighted by molar-refractivity contribution is -0.00553. The third-order valence-electron chi connectivity index (χ3n) is 6.75. The van der Waals surface area contributed by atoms with Gasteiger partial charge in [-0.2, -0.15) is 0 Å². The predicted molar refractivity (Wildman–Crippen MR) is 141 cm³/mol. The molecule has 35 heavy (non-hydrogen) atoms. The highest BCUT2D eigenvalue weighted by Gasteiger charge is 2.50. The van der Waals surface area contributed by atoms with Crippen LogP contribution in [0.15, 0.2) is 72.8 Å². The van der Waals surface area contributed by atoms with Crippen LogP contribution in [-0.2, 0) is 15.8 Å². The van der Waals surface area contributed by atoms with Gasteiger partial charge < -0.3 is 14.1 Å². The summed E-state index contributed by atoms with van der Waals surface area (Å²) < 4.78 is 42.6. The molecule has 1 saturated heterocycles. The highest BCUT2D eigenvalue weighted by atomic mass is 28.4. The van der Waals surface area contributed by atoms with Crippen molar-refractivity contribution in [3.8, 4) is 0 Å². The van der Waals surface area contributed by atoms with Crippen LogP contribution in [0.25, 0.3) is 0 Å². The Morgan fingerprint density at radius 2 is 1.37 bits per heavy atom. The molecule has 0 spiro atoms. The van der Waals surface area contributed by atoms with Gasteiger partial charge in [-0.3, -0.25) is 0 Å². The van der Waals surface area contributed by atoms with E-state index in [2.05, 4.69) is 45.0 Å². The maximum atomic E-state index is 15.3. The van der Waals surface area contributed by atoms with E-state index in [1.807, 2.05) is 55.1 Å². The smallest absolute Gasteiger partial charge is 0.261 e. The summed E-state index contributed by atoms with van der Waals surface area (Å²) in [6.45, 7) is 11.7. The molecule has 0 saturated carbocycles. The molecule has 3 aromatic rings. The van der Waals surface area contributed by atoms with Crippen LogP contribution in [0.1, 0.15) is 40.2 Å². The topological polar surface area (TPSA) is 21.7 Å². The van der Waals surface area contributed by atoms with E-state index in [4.69, 9.17) is 9.16 Å². The van der Waals surface area contributed by atoms with Crippen LogP contribution < -0.4 is 15.3 Å². The Bertz CT molecular complexity index is 1090. The molecule has 2 unspecified atom stereocenters. The number of ether oxygens (including phenoxy) is 1. The molecule has 1 heterocycles. The molecular formula is C29H35F2NO2Si. The first-order chi connectivity index (χ1) is 16.6. The molecule has 0 amide bonds. The summed E-state index contributed by atoms with van der Waals surface area (Å²) in [6.07, 6.45) is -0.154.